The fraction of sp³-hybridized carbons (Fsp3) is 0.364. The Bertz CT molecular complexity index is 789. The second-order valence-electron chi connectivity index (χ2n) is 7.39. The van der Waals surface area contributed by atoms with Crippen LogP contribution in [0.4, 0.5) is 4.79 Å². The first kappa shape index (κ1) is 19.0. The summed E-state index contributed by atoms with van der Waals surface area (Å²) in [5.74, 6) is -0.00324. The average molecular weight is 365 g/mol. The lowest BCUT2D eigenvalue weighted by Crippen LogP contribution is -2.53. The Balaban J connectivity index is 1.57. The number of hydrogen-bond acceptors (Lipinski definition) is 2. The van der Waals surface area contributed by atoms with Gasteiger partial charge in [-0.3, -0.25) is 4.79 Å². The van der Waals surface area contributed by atoms with Crippen LogP contribution in [0, 0.1) is 5.41 Å². The third-order valence-corrected chi connectivity index (χ3v) is 5.26. The number of nitrogens with zero attached hydrogens (tertiary/aromatic N) is 1. The van der Waals surface area contributed by atoms with Gasteiger partial charge in [0.05, 0.1) is 5.41 Å². The zero-order chi connectivity index (χ0) is 19.3. The third kappa shape index (κ3) is 4.48. The molecular weight excluding hydrogens is 338 g/mol. The molecule has 2 aromatic rings. The largest absolute Gasteiger partial charge is 0.359 e. The molecular formula is C22H27N3O2. The summed E-state index contributed by atoms with van der Waals surface area (Å²) >= 11 is 0. The van der Waals surface area contributed by atoms with E-state index in [1.54, 1.807) is 11.9 Å². The lowest BCUT2D eigenvalue weighted by Gasteiger charge is -2.38. The molecule has 0 bridgehead atoms. The van der Waals surface area contributed by atoms with Gasteiger partial charge in [-0.15, -0.1) is 0 Å². The van der Waals surface area contributed by atoms with Gasteiger partial charge in [0, 0.05) is 26.7 Å². The van der Waals surface area contributed by atoms with E-state index in [9.17, 15) is 9.59 Å². The van der Waals surface area contributed by atoms with Gasteiger partial charge in [0.15, 0.2) is 0 Å². The van der Waals surface area contributed by atoms with Gasteiger partial charge in [0.2, 0.25) is 5.91 Å². The summed E-state index contributed by atoms with van der Waals surface area (Å²) in [5.41, 5.74) is 2.87. The van der Waals surface area contributed by atoms with Crippen LogP contribution in [0.25, 0.3) is 11.1 Å². The number of hydrogen-bond donors (Lipinski definition) is 2. The fourth-order valence-electron chi connectivity index (χ4n) is 3.64. The molecule has 5 heteroatoms. The second-order valence-corrected chi connectivity index (χ2v) is 7.39. The zero-order valence-electron chi connectivity index (χ0n) is 16.0. The average Bonchev–Trinajstić information content (AvgIpc) is 2.72. The van der Waals surface area contributed by atoms with Gasteiger partial charge in [-0.2, -0.15) is 0 Å². The normalized spacial score (nSPS) is 19.4. The van der Waals surface area contributed by atoms with Crippen LogP contribution in [0.5, 0.6) is 0 Å². The van der Waals surface area contributed by atoms with Crippen molar-refractivity contribution in [3.63, 3.8) is 0 Å². The highest BCUT2D eigenvalue weighted by Crippen LogP contribution is 2.29. The van der Waals surface area contributed by atoms with Crippen LogP contribution in [-0.2, 0) is 11.3 Å². The molecule has 0 saturated carbocycles. The lowest BCUT2D eigenvalue weighted by atomic mass is 9.81. The summed E-state index contributed by atoms with van der Waals surface area (Å²) in [6.07, 6.45) is 1.64. The molecule has 1 aliphatic heterocycles. The maximum atomic E-state index is 12.5. The molecule has 1 atom stereocenters. The van der Waals surface area contributed by atoms with Crippen molar-refractivity contribution in [3.05, 3.63) is 60.2 Å². The van der Waals surface area contributed by atoms with Gasteiger partial charge in [-0.05, 0) is 36.5 Å². The van der Waals surface area contributed by atoms with Crippen molar-refractivity contribution >= 4 is 11.9 Å². The standard InChI is InChI=1S/C22H27N3O2/c1-22(20(26)23-2)13-6-14-25(16-22)21(27)24-15-17-9-11-19(12-10-17)18-7-4-3-5-8-18/h3-5,7-12H,6,13-16H2,1-2H3,(H,23,26)(H,24,27)/t22-/m1/s1. The molecule has 2 N–H and O–H groups in total. The molecule has 27 heavy (non-hydrogen) atoms. The molecule has 0 aromatic heterocycles. The van der Waals surface area contributed by atoms with Gasteiger partial charge in [-0.25, -0.2) is 4.79 Å². The van der Waals surface area contributed by atoms with Crippen LogP contribution < -0.4 is 10.6 Å². The number of benzene rings is 2. The maximum Gasteiger partial charge on any atom is 0.317 e. The summed E-state index contributed by atoms with van der Waals surface area (Å²) in [6.45, 7) is 3.53. The minimum Gasteiger partial charge on any atom is -0.359 e. The van der Waals surface area contributed by atoms with Crippen molar-refractivity contribution in [1.82, 2.24) is 15.5 Å². The number of carbonyl (C=O) groups is 2. The second kappa shape index (κ2) is 8.25. The molecule has 3 amide bonds. The first-order chi connectivity index (χ1) is 13.0. The Hall–Kier alpha value is -2.82. The van der Waals surface area contributed by atoms with Crippen LogP contribution in [0.15, 0.2) is 54.6 Å². The Morgan fingerprint density at radius 2 is 1.70 bits per heavy atom. The van der Waals surface area contributed by atoms with E-state index in [2.05, 4.69) is 34.9 Å². The van der Waals surface area contributed by atoms with Gasteiger partial charge >= 0.3 is 6.03 Å². The van der Waals surface area contributed by atoms with Gasteiger partial charge in [-0.1, -0.05) is 54.6 Å². The molecule has 5 nitrogen and oxygen atoms in total. The van der Waals surface area contributed by atoms with E-state index in [1.165, 1.54) is 5.56 Å². The van der Waals surface area contributed by atoms with Crippen molar-refractivity contribution < 1.29 is 9.59 Å². The fourth-order valence-corrected chi connectivity index (χ4v) is 3.64. The van der Waals surface area contributed by atoms with Crippen LogP contribution in [-0.4, -0.2) is 37.0 Å². The topological polar surface area (TPSA) is 61.4 Å². The van der Waals surface area contributed by atoms with E-state index in [4.69, 9.17) is 0 Å². The van der Waals surface area contributed by atoms with Gasteiger partial charge in [0.25, 0.3) is 0 Å². The lowest BCUT2D eigenvalue weighted by molar-refractivity contribution is -0.132. The molecule has 0 aliphatic carbocycles. The first-order valence-corrected chi connectivity index (χ1v) is 9.41. The number of urea groups is 1. The molecule has 3 rings (SSSR count). The highest BCUT2D eigenvalue weighted by atomic mass is 16.2. The summed E-state index contributed by atoms with van der Waals surface area (Å²) < 4.78 is 0. The summed E-state index contributed by atoms with van der Waals surface area (Å²) in [6, 6.07) is 18.3. The molecule has 0 unspecified atom stereocenters. The monoisotopic (exact) mass is 365 g/mol. The van der Waals surface area contributed by atoms with E-state index in [1.807, 2.05) is 37.3 Å². The number of carbonyl (C=O) groups excluding carboxylic acids is 2. The van der Waals surface area contributed by atoms with Crippen LogP contribution >= 0.6 is 0 Å². The van der Waals surface area contributed by atoms with Crippen molar-refractivity contribution in [3.8, 4) is 11.1 Å². The van der Waals surface area contributed by atoms with Crippen molar-refractivity contribution in [2.24, 2.45) is 5.41 Å². The van der Waals surface area contributed by atoms with Crippen LogP contribution in [0.3, 0.4) is 0 Å². The highest BCUT2D eigenvalue weighted by molar-refractivity contribution is 5.83. The van der Waals surface area contributed by atoms with Crippen LogP contribution in [0.2, 0.25) is 0 Å². The molecule has 1 fully saturated rings. The summed E-state index contributed by atoms with van der Waals surface area (Å²) in [4.78, 5) is 26.4. The highest BCUT2D eigenvalue weighted by Gasteiger charge is 2.38. The molecule has 1 aliphatic rings. The molecule has 1 saturated heterocycles. The predicted molar refractivity (Wildman–Crippen MR) is 107 cm³/mol. The Morgan fingerprint density at radius 3 is 2.37 bits per heavy atom. The number of piperidine rings is 1. The number of likely N-dealkylation sites (tertiary alicyclic amines) is 1. The number of nitrogens with one attached hydrogen (secondary N) is 2. The quantitative estimate of drug-likeness (QED) is 0.872. The minimum atomic E-state index is -0.512. The number of amides is 3. The summed E-state index contributed by atoms with van der Waals surface area (Å²) in [7, 11) is 1.64. The van der Waals surface area contributed by atoms with Crippen LogP contribution in [0.1, 0.15) is 25.3 Å². The van der Waals surface area contributed by atoms with Gasteiger partial charge in [0.1, 0.15) is 0 Å². The minimum absolute atomic E-state index is 0.00324. The Morgan fingerprint density at radius 1 is 1.04 bits per heavy atom. The summed E-state index contributed by atoms with van der Waals surface area (Å²) in [5, 5.41) is 5.69. The first-order valence-electron chi connectivity index (χ1n) is 9.41. The van der Waals surface area contributed by atoms with E-state index in [0.717, 1.165) is 24.0 Å². The van der Waals surface area contributed by atoms with Gasteiger partial charge < -0.3 is 15.5 Å². The Labute approximate surface area is 160 Å². The van der Waals surface area contributed by atoms with Crippen molar-refractivity contribution in [2.75, 3.05) is 20.1 Å². The molecule has 0 spiro atoms. The third-order valence-electron chi connectivity index (χ3n) is 5.26. The molecule has 1 heterocycles. The van der Waals surface area contributed by atoms with Crippen molar-refractivity contribution in [2.45, 2.75) is 26.3 Å². The van der Waals surface area contributed by atoms with E-state index in [0.29, 0.717) is 19.6 Å². The predicted octanol–water partition coefficient (Wildman–Crippen LogP) is 3.41. The molecule has 2 aromatic carbocycles. The zero-order valence-corrected chi connectivity index (χ0v) is 16.0. The number of rotatable bonds is 4. The Kier molecular flexibility index (Phi) is 5.79. The SMILES string of the molecule is CNC(=O)[C@]1(C)CCCN(C(=O)NCc2ccc(-c3ccccc3)cc2)C1. The smallest absolute Gasteiger partial charge is 0.317 e. The molecule has 0 radical (unpaired) electrons. The van der Waals surface area contributed by atoms with E-state index in [-0.39, 0.29) is 11.9 Å². The van der Waals surface area contributed by atoms with Crippen molar-refractivity contribution in [1.29, 1.82) is 0 Å². The van der Waals surface area contributed by atoms with E-state index < -0.39 is 5.41 Å². The molecule has 142 valence electrons. The maximum absolute atomic E-state index is 12.5. The van der Waals surface area contributed by atoms with E-state index >= 15 is 0 Å².